The molecule has 166 valence electrons. The number of phenolic OH excluding ortho intramolecular Hbond substituents is 1. The molecule has 31 heavy (non-hydrogen) atoms. The van der Waals surface area contributed by atoms with Gasteiger partial charge in [-0.2, -0.15) is 0 Å². The third kappa shape index (κ3) is 5.28. The quantitative estimate of drug-likeness (QED) is 0.131. The summed E-state index contributed by atoms with van der Waals surface area (Å²) in [6, 6.07) is 4.73. The zero-order valence-electron chi connectivity index (χ0n) is 17.3. The van der Waals surface area contributed by atoms with Gasteiger partial charge in [0.05, 0.1) is 12.2 Å². The van der Waals surface area contributed by atoms with E-state index in [4.69, 9.17) is 4.74 Å². The van der Waals surface area contributed by atoms with E-state index in [1.54, 1.807) is 6.07 Å². The van der Waals surface area contributed by atoms with E-state index < -0.39 is 46.5 Å². The molecule has 2 rings (SSSR count). The van der Waals surface area contributed by atoms with Gasteiger partial charge in [0.15, 0.2) is 35.0 Å². The SMILES string of the molecule is CCOC(=O)C(C=Nc1cc(C(C)(C)C)ccc1O)C(=O)c1cc(F)c(F)c(F)c1F. The van der Waals surface area contributed by atoms with Crippen LogP contribution in [0.1, 0.15) is 43.6 Å². The highest BCUT2D eigenvalue weighted by Gasteiger charge is 2.32. The van der Waals surface area contributed by atoms with E-state index in [1.165, 1.54) is 19.1 Å². The van der Waals surface area contributed by atoms with Crippen LogP contribution in [0.3, 0.4) is 0 Å². The number of aromatic hydroxyl groups is 1. The number of halogens is 4. The number of benzene rings is 2. The lowest BCUT2D eigenvalue weighted by atomic mass is 9.87. The number of ether oxygens (including phenoxy) is 1. The van der Waals surface area contributed by atoms with Gasteiger partial charge in [0.1, 0.15) is 11.4 Å². The summed E-state index contributed by atoms with van der Waals surface area (Å²) in [4.78, 5) is 28.9. The second kappa shape index (κ2) is 9.28. The lowest BCUT2D eigenvalue weighted by Gasteiger charge is -2.19. The largest absolute Gasteiger partial charge is 0.506 e. The summed E-state index contributed by atoms with van der Waals surface area (Å²) < 4.78 is 59.2. The van der Waals surface area contributed by atoms with Crippen LogP contribution in [0.15, 0.2) is 29.3 Å². The Morgan fingerprint density at radius 3 is 2.32 bits per heavy atom. The van der Waals surface area contributed by atoms with Crippen LogP contribution in [0.5, 0.6) is 5.75 Å². The predicted molar refractivity (Wildman–Crippen MR) is 106 cm³/mol. The fourth-order valence-corrected chi connectivity index (χ4v) is 2.64. The lowest BCUT2D eigenvalue weighted by Crippen LogP contribution is -2.29. The van der Waals surface area contributed by atoms with Gasteiger partial charge in [-0.1, -0.05) is 26.8 Å². The van der Waals surface area contributed by atoms with Crippen LogP contribution in [0, 0.1) is 29.2 Å². The Morgan fingerprint density at radius 1 is 1.10 bits per heavy atom. The summed E-state index contributed by atoms with van der Waals surface area (Å²) in [5.41, 5.74) is -0.689. The molecule has 0 aliphatic heterocycles. The number of carbonyl (C=O) groups excluding carboxylic acids is 2. The number of esters is 1. The van der Waals surface area contributed by atoms with Crippen LogP contribution in [0.4, 0.5) is 23.2 Å². The maximum absolute atomic E-state index is 14.1. The van der Waals surface area contributed by atoms with Crippen LogP contribution in [-0.2, 0) is 14.9 Å². The van der Waals surface area contributed by atoms with Gasteiger partial charge in [-0.05, 0) is 36.1 Å². The van der Waals surface area contributed by atoms with Crippen molar-refractivity contribution in [3.8, 4) is 5.75 Å². The van der Waals surface area contributed by atoms with Gasteiger partial charge in [-0.3, -0.25) is 14.6 Å². The van der Waals surface area contributed by atoms with Crippen LogP contribution in [0.25, 0.3) is 0 Å². The Hall–Kier alpha value is -3.23. The van der Waals surface area contributed by atoms with Crippen LogP contribution in [0.2, 0.25) is 0 Å². The standard InChI is InChI=1S/C22H21F4NO4/c1-5-31-21(30)13(20(29)12-9-14(23)18(25)19(26)17(12)24)10-27-15-8-11(22(2,3)4)6-7-16(15)28/h6-10,13,28H,5H2,1-4H3. The molecule has 0 heterocycles. The molecule has 9 heteroatoms. The molecule has 0 saturated carbocycles. The molecule has 0 aliphatic carbocycles. The Kier molecular flexibility index (Phi) is 7.20. The third-order valence-electron chi connectivity index (χ3n) is 4.40. The molecular weight excluding hydrogens is 418 g/mol. The van der Waals surface area contributed by atoms with Gasteiger partial charge >= 0.3 is 5.97 Å². The first-order valence-corrected chi connectivity index (χ1v) is 9.30. The number of phenols is 1. The molecular formula is C22H21F4NO4. The second-order valence-corrected chi connectivity index (χ2v) is 7.67. The zero-order chi connectivity index (χ0) is 23.5. The van der Waals surface area contributed by atoms with Gasteiger partial charge in [0, 0.05) is 6.21 Å². The smallest absolute Gasteiger partial charge is 0.322 e. The minimum Gasteiger partial charge on any atom is -0.506 e. The van der Waals surface area contributed by atoms with Crippen LogP contribution >= 0.6 is 0 Å². The summed E-state index contributed by atoms with van der Waals surface area (Å²) in [5, 5.41) is 10.0. The first-order valence-electron chi connectivity index (χ1n) is 9.30. The highest BCUT2D eigenvalue weighted by Crippen LogP contribution is 2.32. The van der Waals surface area contributed by atoms with Crippen molar-refractivity contribution in [2.45, 2.75) is 33.1 Å². The van der Waals surface area contributed by atoms with Crippen molar-refractivity contribution in [1.29, 1.82) is 0 Å². The summed E-state index contributed by atoms with van der Waals surface area (Å²) >= 11 is 0. The van der Waals surface area contributed by atoms with E-state index in [9.17, 15) is 32.3 Å². The van der Waals surface area contributed by atoms with Gasteiger partial charge in [-0.25, -0.2) is 17.6 Å². The fraction of sp³-hybridized carbons (Fsp3) is 0.318. The number of ketones is 1. The second-order valence-electron chi connectivity index (χ2n) is 7.67. The number of hydrogen-bond acceptors (Lipinski definition) is 5. The van der Waals surface area contributed by atoms with E-state index in [2.05, 4.69) is 4.99 Å². The van der Waals surface area contributed by atoms with Crippen LogP contribution < -0.4 is 0 Å². The molecule has 0 aromatic heterocycles. The zero-order valence-corrected chi connectivity index (χ0v) is 17.3. The monoisotopic (exact) mass is 439 g/mol. The third-order valence-corrected chi connectivity index (χ3v) is 4.40. The van der Waals surface area contributed by atoms with Crippen LogP contribution in [-0.4, -0.2) is 29.7 Å². The molecule has 1 atom stereocenters. The van der Waals surface area contributed by atoms with Crippen molar-refractivity contribution < 1.29 is 37.0 Å². The molecule has 0 radical (unpaired) electrons. The predicted octanol–water partition coefficient (Wildman–Crippen LogP) is 5.01. The molecule has 0 fully saturated rings. The summed E-state index contributed by atoms with van der Waals surface area (Å²) in [7, 11) is 0. The van der Waals surface area contributed by atoms with E-state index in [-0.39, 0.29) is 29.5 Å². The molecule has 0 saturated heterocycles. The van der Waals surface area contributed by atoms with Crippen molar-refractivity contribution in [1.82, 2.24) is 0 Å². The number of carbonyl (C=O) groups is 2. The maximum atomic E-state index is 14.1. The average molecular weight is 439 g/mol. The highest BCUT2D eigenvalue weighted by molar-refractivity contribution is 6.18. The van der Waals surface area contributed by atoms with E-state index in [1.807, 2.05) is 20.8 Å². The molecule has 0 bridgehead atoms. The maximum Gasteiger partial charge on any atom is 0.322 e. The normalized spacial score (nSPS) is 12.8. The number of Topliss-reactive ketones (excluding diaryl/α,β-unsaturated/α-hetero) is 1. The molecule has 0 spiro atoms. The Labute approximate surface area is 176 Å². The molecule has 1 unspecified atom stereocenters. The lowest BCUT2D eigenvalue weighted by molar-refractivity contribution is -0.143. The Bertz CT molecular complexity index is 1040. The van der Waals surface area contributed by atoms with Crippen molar-refractivity contribution in [2.24, 2.45) is 10.9 Å². The molecule has 0 aliphatic rings. The van der Waals surface area contributed by atoms with Crippen molar-refractivity contribution in [2.75, 3.05) is 6.61 Å². The first-order chi connectivity index (χ1) is 14.4. The minimum atomic E-state index is -2.18. The van der Waals surface area contributed by atoms with Gasteiger partial charge in [-0.15, -0.1) is 0 Å². The number of aliphatic imine (C=N–C) groups is 1. The molecule has 2 aromatic rings. The minimum absolute atomic E-state index is 0.00598. The average Bonchev–Trinajstić information content (AvgIpc) is 2.69. The number of hydrogen-bond donors (Lipinski definition) is 1. The highest BCUT2D eigenvalue weighted by atomic mass is 19.2. The Balaban J connectivity index is 2.52. The number of rotatable bonds is 6. The van der Waals surface area contributed by atoms with E-state index >= 15 is 0 Å². The van der Waals surface area contributed by atoms with Gasteiger partial charge in [0.2, 0.25) is 0 Å². The van der Waals surface area contributed by atoms with E-state index in [0.29, 0.717) is 0 Å². The van der Waals surface area contributed by atoms with Gasteiger partial charge < -0.3 is 9.84 Å². The molecule has 5 nitrogen and oxygen atoms in total. The first kappa shape index (κ1) is 24.0. The van der Waals surface area contributed by atoms with Crippen molar-refractivity contribution in [3.63, 3.8) is 0 Å². The van der Waals surface area contributed by atoms with Crippen molar-refractivity contribution >= 4 is 23.7 Å². The summed E-state index contributed by atoms with van der Waals surface area (Å²) in [6.07, 6.45) is 0.778. The topological polar surface area (TPSA) is 76.0 Å². The molecule has 1 N–H and O–H groups in total. The van der Waals surface area contributed by atoms with Crippen molar-refractivity contribution in [3.05, 3.63) is 58.7 Å². The molecule has 2 aromatic carbocycles. The summed E-state index contributed by atoms with van der Waals surface area (Å²) in [5.74, 6) is -12.7. The van der Waals surface area contributed by atoms with E-state index in [0.717, 1.165) is 11.8 Å². The number of nitrogens with zero attached hydrogens (tertiary/aromatic N) is 1. The fourth-order valence-electron chi connectivity index (χ4n) is 2.64. The summed E-state index contributed by atoms with van der Waals surface area (Å²) in [6.45, 7) is 7.05. The van der Waals surface area contributed by atoms with Gasteiger partial charge in [0.25, 0.3) is 0 Å². The molecule has 0 amide bonds. The Morgan fingerprint density at radius 2 is 1.74 bits per heavy atom.